The van der Waals surface area contributed by atoms with Crippen molar-refractivity contribution in [1.29, 1.82) is 0 Å². The van der Waals surface area contributed by atoms with Crippen LogP contribution in [0, 0.1) is 0 Å². The normalized spacial score (nSPS) is 16.5. The van der Waals surface area contributed by atoms with E-state index in [0.29, 0.717) is 5.92 Å². The molecule has 0 radical (unpaired) electrons. The highest BCUT2D eigenvalue weighted by Crippen LogP contribution is 2.31. The van der Waals surface area contributed by atoms with Crippen LogP contribution in [-0.4, -0.2) is 39.2 Å². The fourth-order valence-corrected chi connectivity index (χ4v) is 4.54. The molecular formula is C25H25N5O2. The quantitative estimate of drug-likeness (QED) is 0.507. The lowest BCUT2D eigenvalue weighted by molar-refractivity contribution is 0.0853. The third-order valence-electron chi connectivity index (χ3n) is 6.29. The van der Waals surface area contributed by atoms with Crippen molar-refractivity contribution in [2.45, 2.75) is 31.6 Å². The molecule has 0 unspecified atom stereocenters. The Morgan fingerprint density at radius 3 is 2.78 bits per heavy atom. The van der Waals surface area contributed by atoms with Gasteiger partial charge in [0.2, 0.25) is 5.88 Å². The van der Waals surface area contributed by atoms with Crippen molar-refractivity contribution in [3.63, 3.8) is 0 Å². The number of fused-ring (bicyclic) bond motifs is 2. The van der Waals surface area contributed by atoms with Gasteiger partial charge in [0.1, 0.15) is 0 Å². The largest absolute Gasteiger partial charge is 0.477 e. The minimum Gasteiger partial charge on any atom is -0.477 e. The summed E-state index contributed by atoms with van der Waals surface area (Å²) in [6, 6.07) is 10.8. The Labute approximate surface area is 186 Å². The summed E-state index contributed by atoms with van der Waals surface area (Å²) < 4.78 is 13.2. The van der Waals surface area contributed by atoms with Crippen LogP contribution < -0.4 is 10.1 Å². The van der Waals surface area contributed by atoms with Gasteiger partial charge in [-0.05, 0) is 55.4 Å². The average Bonchev–Trinajstić information content (AvgIpc) is 3.34. The maximum absolute atomic E-state index is 5.66. The lowest BCUT2D eigenvalue weighted by atomic mass is 9.92. The fraction of sp³-hybridized carbons (Fsp3) is 0.320. The minimum absolute atomic E-state index is 0.582. The third-order valence-corrected chi connectivity index (χ3v) is 6.29. The molecule has 1 saturated heterocycles. The summed E-state index contributed by atoms with van der Waals surface area (Å²) in [5.74, 6) is 2.05. The molecule has 0 aliphatic carbocycles. The molecule has 0 atom stereocenters. The summed E-state index contributed by atoms with van der Waals surface area (Å²) >= 11 is 0. The van der Waals surface area contributed by atoms with Gasteiger partial charge in [-0.1, -0.05) is 12.1 Å². The molecule has 0 amide bonds. The molecule has 162 valence electrons. The first-order chi connectivity index (χ1) is 15.8. The number of nitrogens with one attached hydrogen (secondary N) is 1. The van der Waals surface area contributed by atoms with E-state index >= 15 is 0 Å². The highest BCUT2D eigenvalue weighted by Gasteiger charge is 2.17. The molecule has 5 heterocycles. The molecule has 32 heavy (non-hydrogen) atoms. The predicted octanol–water partition coefficient (Wildman–Crippen LogP) is 4.75. The van der Waals surface area contributed by atoms with E-state index in [2.05, 4.69) is 45.6 Å². The Bertz CT molecular complexity index is 1250. The maximum Gasteiger partial charge on any atom is 0.216 e. The maximum atomic E-state index is 5.66. The molecule has 6 rings (SSSR count). The molecule has 0 bridgehead atoms. The summed E-state index contributed by atoms with van der Waals surface area (Å²) in [7, 11) is 0. The number of aromatic nitrogens is 4. The van der Waals surface area contributed by atoms with Crippen molar-refractivity contribution in [1.82, 2.24) is 19.4 Å². The Kier molecular flexibility index (Phi) is 4.96. The molecule has 4 aromatic rings. The Hall–Kier alpha value is -3.45. The number of ether oxygens (including phenoxy) is 2. The number of hydrogen-bond acceptors (Lipinski definition) is 6. The van der Waals surface area contributed by atoms with E-state index in [4.69, 9.17) is 14.5 Å². The number of aryl methyl sites for hydroxylation is 1. The van der Waals surface area contributed by atoms with Crippen LogP contribution in [0.25, 0.3) is 16.9 Å². The van der Waals surface area contributed by atoms with Crippen LogP contribution in [0.2, 0.25) is 0 Å². The van der Waals surface area contributed by atoms with Gasteiger partial charge >= 0.3 is 0 Å². The zero-order chi connectivity index (χ0) is 21.3. The van der Waals surface area contributed by atoms with Gasteiger partial charge < -0.3 is 19.2 Å². The summed E-state index contributed by atoms with van der Waals surface area (Å²) in [4.78, 5) is 13.9. The monoisotopic (exact) mass is 427 g/mol. The number of anilines is 2. The summed E-state index contributed by atoms with van der Waals surface area (Å²) in [6.07, 6.45) is 11.7. The molecule has 1 N–H and O–H groups in total. The van der Waals surface area contributed by atoms with E-state index in [1.165, 1.54) is 5.56 Å². The van der Waals surface area contributed by atoms with Crippen LogP contribution in [0.5, 0.6) is 5.88 Å². The Balaban J connectivity index is 1.31. The second-order valence-corrected chi connectivity index (χ2v) is 8.41. The molecule has 2 aliphatic heterocycles. The smallest absolute Gasteiger partial charge is 0.216 e. The van der Waals surface area contributed by atoms with Gasteiger partial charge in [-0.15, -0.1) is 0 Å². The fourth-order valence-electron chi connectivity index (χ4n) is 4.54. The molecule has 1 aromatic carbocycles. The van der Waals surface area contributed by atoms with Crippen LogP contribution in [-0.2, 0) is 11.2 Å². The SMILES string of the molecule is c1cn2cc(-c3cnc4c(c3)CCCO4)nc(Nc3ccc(C4CCOCC4)cc3)c2n1. The molecule has 2 aliphatic rings. The van der Waals surface area contributed by atoms with E-state index < -0.39 is 0 Å². The Morgan fingerprint density at radius 1 is 1.03 bits per heavy atom. The second kappa shape index (κ2) is 8.24. The Morgan fingerprint density at radius 2 is 1.91 bits per heavy atom. The van der Waals surface area contributed by atoms with E-state index in [1.807, 2.05) is 23.0 Å². The van der Waals surface area contributed by atoms with Crippen LogP contribution in [0.15, 0.2) is 55.1 Å². The third kappa shape index (κ3) is 3.69. The first-order valence-electron chi connectivity index (χ1n) is 11.2. The molecular weight excluding hydrogens is 402 g/mol. The minimum atomic E-state index is 0.582. The number of hydrogen-bond donors (Lipinski definition) is 1. The lowest BCUT2D eigenvalue weighted by Gasteiger charge is -2.22. The number of pyridine rings is 1. The van der Waals surface area contributed by atoms with Crippen molar-refractivity contribution in [3.05, 3.63) is 66.2 Å². The molecule has 3 aromatic heterocycles. The summed E-state index contributed by atoms with van der Waals surface area (Å²) in [5.41, 5.74) is 6.11. The zero-order valence-electron chi connectivity index (χ0n) is 17.8. The summed E-state index contributed by atoms with van der Waals surface area (Å²) in [6.45, 7) is 2.44. The average molecular weight is 428 g/mol. The molecule has 7 nitrogen and oxygen atoms in total. The van der Waals surface area contributed by atoms with Crippen molar-refractivity contribution in [3.8, 4) is 17.1 Å². The van der Waals surface area contributed by atoms with E-state index in [0.717, 1.165) is 85.4 Å². The standard InChI is InChI=1S/C25H25N5O2/c1-2-19-14-20(15-27-25(19)32-11-1)22-16-30-10-9-26-24(30)23(29-22)28-21-5-3-17(4-6-21)18-7-12-31-13-8-18/h3-6,9-10,14-16,18H,1-2,7-8,11-13H2,(H,28,29). The predicted molar refractivity (Wildman–Crippen MR) is 123 cm³/mol. The topological polar surface area (TPSA) is 73.6 Å². The van der Waals surface area contributed by atoms with Crippen molar-refractivity contribution in [2.24, 2.45) is 0 Å². The van der Waals surface area contributed by atoms with Gasteiger partial charge in [-0.25, -0.2) is 15.0 Å². The lowest BCUT2D eigenvalue weighted by Crippen LogP contribution is -2.13. The van der Waals surface area contributed by atoms with Crippen molar-refractivity contribution in [2.75, 3.05) is 25.1 Å². The highest BCUT2D eigenvalue weighted by atomic mass is 16.5. The highest BCUT2D eigenvalue weighted by molar-refractivity contribution is 5.73. The summed E-state index contributed by atoms with van der Waals surface area (Å²) in [5, 5.41) is 3.47. The molecule has 7 heteroatoms. The van der Waals surface area contributed by atoms with E-state index in [9.17, 15) is 0 Å². The molecule has 1 fully saturated rings. The number of nitrogens with zero attached hydrogens (tertiary/aromatic N) is 4. The van der Waals surface area contributed by atoms with Crippen LogP contribution in [0.4, 0.5) is 11.5 Å². The van der Waals surface area contributed by atoms with Gasteiger partial charge in [-0.3, -0.25) is 0 Å². The van der Waals surface area contributed by atoms with E-state index in [-0.39, 0.29) is 0 Å². The van der Waals surface area contributed by atoms with E-state index in [1.54, 1.807) is 6.20 Å². The molecule has 0 saturated carbocycles. The van der Waals surface area contributed by atoms with Gasteiger partial charge in [0.15, 0.2) is 11.5 Å². The van der Waals surface area contributed by atoms with Crippen molar-refractivity contribution >= 4 is 17.2 Å². The number of benzene rings is 1. The molecule has 0 spiro atoms. The first-order valence-corrected chi connectivity index (χ1v) is 11.2. The number of imidazole rings is 1. The zero-order valence-corrected chi connectivity index (χ0v) is 17.8. The van der Waals surface area contributed by atoms with Crippen molar-refractivity contribution < 1.29 is 9.47 Å². The van der Waals surface area contributed by atoms with Crippen LogP contribution >= 0.6 is 0 Å². The van der Waals surface area contributed by atoms with Crippen LogP contribution in [0.3, 0.4) is 0 Å². The van der Waals surface area contributed by atoms with Crippen LogP contribution in [0.1, 0.15) is 36.3 Å². The van der Waals surface area contributed by atoms with Gasteiger partial charge in [0.05, 0.1) is 12.3 Å². The van der Waals surface area contributed by atoms with Gasteiger partial charge in [-0.2, -0.15) is 0 Å². The second-order valence-electron chi connectivity index (χ2n) is 8.41. The first kappa shape index (κ1) is 19.3. The van der Waals surface area contributed by atoms with Gasteiger partial charge in [0, 0.05) is 54.8 Å². The number of rotatable bonds is 4. The van der Waals surface area contributed by atoms with Gasteiger partial charge in [0.25, 0.3) is 0 Å².